The predicted molar refractivity (Wildman–Crippen MR) is 79.2 cm³/mol. The maximum atomic E-state index is 6.02. The molecule has 4 heteroatoms. The predicted octanol–water partition coefficient (Wildman–Crippen LogP) is 2.55. The van der Waals surface area contributed by atoms with Crippen molar-refractivity contribution in [2.24, 2.45) is 0 Å². The molecule has 17 heavy (non-hydrogen) atoms. The van der Waals surface area contributed by atoms with Gasteiger partial charge >= 0.3 is 0 Å². The molecule has 2 rings (SSSR count). The number of thioether (sulfide) groups is 2. The van der Waals surface area contributed by atoms with Crippen LogP contribution in [0.25, 0.3) is 0 Å². The van der Waals surface area contributed by atoms with Gasteiger partial charge in [-0.05, 0) is 25.0 Å². The van der Waals surface area contributed by atoms with Crippen LogP contribution < -0.4 is 5.32 Å². The van der Waals surface area contributed by atoms with Crippen LogP contribution in [0.5, 0.6) is 0 Å². The number of nitrogens with one attached hydrogen (secondary N) is 1. The third kappa shape index (κ3) is 4.19. The van der Waals surface area contributed by atoms with Crippen molar-refractivity contribution in [3.8, 4) is 0 Å². The standard InChI is InChI=1S/C13H23NOS2/c1-2-7-16-9-5-14-12-3-6-15-13(10-12)4-8-17-11-13/h2,12,14H,1,3-11H2. The van der Waals surface area contributed by atoms with Crippen LogP contribution >= 0.6 is 23.5 Å². The van der Waals surface area contributed by atoms with Crippen LogP contribution in [0.1, 0.15) is 19.3 Å². The molecule has 2 unspecified atom stereocenters. The summed E-state index contributed by atoms with van der Waals surface area (Å²) in [5.74, 6) is 4.74. The lowest BCUT2D eigenvalue weighted by Crippen LogP contribution is -2.47. The lowest BCUT2D eigenvalue weighted by molar-refractivity contribution is -0.0698. The molecule has 0 saturated carbocycles. The van der Waals surface area contributed by atoms with E-state index in [1.807, 2.05) is 29.6 Å². The molecule has 2 atom stereocenters. The average Bonchev–Trinajstić information content (AvgIpc) is 2.77. The molecular weight excluding hydrogens is 250 g/mol. The Labute approximate surface area is 113 Å². The number of hydrogen-bond acceptors (Lipinski definition) is 4. The van der Waals surface area contributed by atoms with E-state index in [2.05, 4.69) is 11.9 Å². The monoisotopic (exact) mass is 273 g/mol. The van der Waals surface area contributed by atoms with Crippen molar-refractivity contribution in [3.63, 3.8) is 0 Å². The topological polar surface area (TPSA) is 21.3 Å². The van der Waals surface area contributed by atoms with Crippen molar-refractivity contribution in [1.29, 1.82) is 0 Å². The van der Waals surface area contributed by atoms with Gasteiger partial charge in [-0.25, -0.2) is 0 Å². The minimum Gasteiger partial charge on any atom is -0.374 e. The number of rotatable bonds is 6. The van der Waals surface area contributed by atoms with Crippen LogP contribution in [0, 0.1) is 0 Å². The molecule has 0 radical (unpaired) electrons. The van der Waals surface area contributed by atoms with Crippen LogP contribution in [0.15, 0.2) is 12.7 Å². The molecule has 0 aromatic carbocycles. The van der Waals surface area contributed by atoms with E-state index in [1.54, 1.807) is 0 Å². The average molecular weight is 273 g/mol. The Bertz CT molecular complexity index is 242. The van der Waals surface area contributed by atoms with E-state index in [1.165, 1.54) is 36.5 Å². The molecule has 1 N–H and O–H groups in total. The third-order valence-electron chi connectivity index (χ3n) is 3.48. The maximum Gasteiger partial charge on any atom is 0.0795 e. The fourth-order valence-electron chi connectivity index (χ4n) is 2.57. The van der Waals surface area contributed by atoms with Crippen molar-refractivity contribution in [2.45, 2.75) is 30.9 Å². The fourth-order valence-corrected chi connectivity index (χ4v) is 4.54. The van der Waals surface area contributed by atoms with E-state index in [4.69, 9.17) is 4.74 Å². The molecule has 2 saturated heterocycles. The summed E-state index contributed by atoms with van der Waals surface area (Å²) in [5, 5.41) is 3.69. The van der Waals surface area contributed by atoms with Crippen LogP contribution in [-0.4, -0.2) is 47.8 Å². The number of hydrogen-bond donors (Lipinski definition) is 1. The van der Waals surface area contributed by atoms with E-state index in [-0.39, 0.29) is 5.60 Å². The molecule has 0 aliphatic carbocycles. The van der Waals surface area contributed by atoms with Gasteiger partial charge < -0.3 is 10.1 Å². The Morgan fingerprint density at radius 2 is 2.53 bits per heavy atom. The van der Waals surface area contributed by atoms with Crippen molar-refractivity contribution >= 4 is 23.5 Å². The summed E-state index contributed by atoms with van der Waals surface area (Å²) in [4.78, 5) is 0. The van der Waals surface area contributed by atoms with E-state index in [9.17, 15) is 0 Å². The van der Waals surface area contributed by atoms with Crippen molar-refractivity contribution in [1.82, 2.24) is 5.32 Å². The Balaban J connectivity index is 1.65. The molecule has 98 valence electrons. The summed E-state index contributed by atoms with van der Waals surface area (Å²) in [6.07, 6.45) is 5.62. The Hall–Kier alpha value is 0.360. The first-order chi connectivity index (χ1) is 8.35. The van der Waals surface area contributed by atoms with E-state index in [0.29, 0.717) is 6.04 Å². The normalized spacial score (nSPS) is 33.1. The van der Waals surface area contributed by atoms with Gasteiger partial charge in [0.15, 0.2) is 0 Å². The quantitative estimate of drug-likeness (QED) is 0.593. The summed E-state index contributed by atoms with van der Waals surface area (Å²) in [5.41, 5.74) is 0.217. The van der Waals surface area contributed by atoms with Gasteiger partial charge in [-0.2, -0.15) is 23.5 Å². The molecule has 0 bridgehead atoms. The lowest BCUT2D eigenvalue weighted by Gasteiger charge is -2.38. The Morgan fingerprint density at radius 3 is 3.29 bits per heavy atom. The van der Waals surface area contributed by atoms with Crippen LogP contribution in [0.4, 0.5) is 0 Å². The highest BCUT2D eigenvalue weighted by atomic mass is 32.2. The zero-order chi connectivity index (χ0) is 12.0. The second-order valence-electron chi connectivity index (χ2n) is 4.84. The van der Waals surface area contributed by atoms with Crippen LogP contribution in [-0.2, 0) is 4.74 Å². The lowest BCUT2D eigenvalue weighted by atomic mass is 9.90. The first-order valence-electron chi connectivity index (χ1n) is 6.48. The van der Waals surface area contributed by atoms with E-state index in [0.717, 1.165) is 18.9 Å². The minimum atomic E-state index is 0.217. The highest BCUT2D eigenvalue weighted by Crippen LogP contribution is 2.38. The molecule has 2 fully saturated rings. The van der Waals surface area contributed by atoms with Crippen LogP contribution in [0.3, 0.4) is 0 Å². The second kappa shape index (κ2) is 7.07. The zero-order valence-corrected chi connectivity index (χ0v) is 12.1. The van der Waals surface area contributed by atoms with Gasteiger partial charge in [-0.1, -0.05) is 6.08 Å². The molecular formula is C13H23NOS2. The van der Waals surface area contributed by atoms with Gasteiger partial charge in [0.05, 0.1) is 5.60 Å². The Kier molecular flexibility index (Phi) is 5.74. The summed E-state index contributed by atoms with van der Waals surface area (Å²) in [7, 11) is 0. The van der Waals surface area contributed by atoms with Gasteiger partial charge in [-0.15, -0.1) is 6.58 Å². The van der Waals surface area contributed by atoms with Gasteiger partial charge in [0, 0.05) is 36.5 Å². The summed E-state index contributed by atoms with van der Waals surface area (Å²) < 4.78 is 6.02. The van der Waals surface area contributed by atoms with Gasteiger partial charge in [-0.3, -0.25) is 0 Å². The molecule has 2 aliphatic rings. The van der Waals surface area contributed by atoms with Gasteiger partial charge in [0.25, 0.3) is 0 Å². The summed E-state index contributed by atoms with van der Waals surface area (Å²) in [6, 6.07) is 0.673. The number of ether oxygens (including phenoxy) is 1. The highest BCUT2D eigenvalue weighted by Gasteiger charge is 2.40. The SMILES string of the molecule is C=CCSCCNC1CCOC2(CCSC2)C1. The zero-order valence-electron chi connectivity index (χ0n) is 10.5. The molecule has 0 amide bonds. The minimum absolute atomic E-state index is 0.217. The van der Waals surface area contributed by atoms with Gasteiger partial charge in [0.2, 0.25) is 0 Å². The molecule has 2 aliphatic heterocycles. The molecule has 2 nitrogen and oxygen atoms in total. The first-order valence-corrected chi connectivity index (χ1v) is 8.79. The largest absolute Gasteiger partial charge is 0.374 e. The molecule has 1 spiro atoms. The molecule has 0 aromatic rings. The summed E-state index contributed by atoms with van der Waals surface area (Å²) in [6.45, 7) is 5.80. The van der Waals surface area contributed by atoms with E-state index < -0.39 is 0 Å². The first kappa shape index (κ1) is 13.8. The van der Waals surface area contributed by atoms with E-state index >= 15 is 0 Å². The van der Waals surface area contributed by atoms with Gasteiger partial charge in [0.1, 0.15) is 0 Å². The maximum absolute atomic E-state index is 6.02. The third-order valence-corrected chi connectivity index (χ3v) is 5.66. The van der Waals surface area contributed by atoms with Crippen molar-refractivity contribution in [3.05, 3.63) is 12.7 Å². The smallest absolute Gasteiger partial charge is 0.0795 e. The fraction of sp³-hybridized carbons (Fsp3) is 0.846. The van der Waals surface area contributed by atoms with Crippen molar-refractivity contribution in [2.75, 3.05) is 36.2 Å². The Morgan fingerprint density at radius 1 is 1.59 bits per heavy atom. The van der Waals surface area contributed by atoms with Crippen molar-refractivity contribution < 1.29 is 4.74 Å². The molecule has 2 heterocycles. The molecule has 0 aromatic heterocycles. The highest BCUT2D eigenvalue weighted by molar-refractivity contribution is 7.99. The van der Waals surface area contributed by atoms with Crippen LogP contribution in [0.2, 0.25) is 0 Å². The summed E-state index contributed by atoms with van der Waals surface area (Å²) >= 11 is 4.00. The second-order valence-corrected chi connectivity index (χ2v) is 7.10.